The Hall–Kier alpha value is -1.97. The summed E-state index contributed by atoms with van der Waals surface area (Å²) < 4.78 is 2.08. The van der Waals surface area contributed by atoms with Crippen LogP contribution < -0.4 is 10.9 Å². The maximum Gasteiger partial charge on any atom is 0.0569 e. The smallest absolute Gasteiger partial charge is 0.0569 e. The first-order valence-corrected chi connectivity index (χ1v) is 6.69. The summed E-state index contributed by atoms with van der Waals surface area (Å²) >= 11 is 5.85. The zero-order valence-electron chi connectivity index (χ0n) is 11.7. The average Bonchev–Trinajstić information content (AvgIpc) is 2.76. The number of anilines is 1. The number of hydrogen-bond donors (Lipinski definition) is 1. The van der Waals surface area contributed by atoms with Crippen molar-refractivity contribution in [3.8, 4) is 0 Å². The summed E-state index contributed by atoms with van der Waals surface area (Å²) in [5.74, 6) is 5.98. The van der Waals surface area contributed by atoms with Crippen LogP contribution >= 0.6 is 11.6 Å². The zero-order chi connectivity index (χ0) is 14.7. The Balaban J connectivity index is 2.13. The molecular formula is C16H18ClN3. The van der Waals surface area contributed by atoms with Crippen molar-refractivity contribution in [2.75, 3.05) is 5.01 Å². The Labute approximate surface area is 124 Å². The molecule has 1 heterocycles. The molecular weight excluding hydrogens is 270 g/mol. The minimum atomic E-state index is 0.689. The predicted octanol–water partition coefficient (Wildman–Crippen LogP) is 4.12. The normalized spacial score (nSPS) is 11.0. The summed E-state index contributed by atoms with van der Waals surface area (Å²) in [6, 6.07) is 11.5. The molecule has 0 spiro atoms. The second-order valence-electron chi connectivity index (χ2n) is 4.64. The minimum Gasteiger partial charge on any atom is -0.319 e. The van der Waals surface area contributed by atoms with Gasteiger partial charge in [-0.3, -0.25) is 5.01 Å². The fourth-order valence-corrected chi connectivity index (χ4v) is 2.19. The van der Waals surface area contributed by atoms with Gasteiger partial charge in [0, 0.05) is 28.3 Å². The van der Waals surface area contributed by atoms with Crippen molar-refractivity contribution in [1.82, 2.24) is 4.57 Å². The van der Waals surface area contributed by atoms with E-state index in [-0.39, 0.29) is 0 Å². The number of rotatable bonds is 4. The van der Waals surface area contributed by atoms with Gasteiger partial charge in [0.2, 0.25) is 0 Å². The summed E-state index contributed by atoms with van der Waals surface area (Å²) in [6.07, 6.45) is 3.67. The van der Waals surface area contributed by atoms with Crippen molar-refractivity contribution in [2.45, 2.75) is 13.8 Å². The number of allylic oxidation sites excluding steroid dienone is 2. The van der Waals surface area contributed by atoms with Crippen LogP contribution in [0.3, 0.4) is 0 Å². The Morgan fingerprint density at radius 2 is 1.70 bits per heavy atom. The molecule has 104 valence electrons. The molecule has 1 aromatic carbocycles. The lowest BCUT2D eigenvalue weighted by Gasteiger charge is -2.15. The molecule has 0 unspecified atom stereocenters. The number of hydrogen-bond acceptors (Lipinski definition) is 2. The van der Waals surface area contributed by atoms with Gasteiger partial charge in [-0.25, -0.2) is 5.84 Å². The highest BCUT2D eigenvalue weighted by Gasteiger charge is 2.03. The van der Waals surface area contributed by atoms with Crippen molar-refractivity contribution in [3.63, 3.8) is 0 Å². The first-order chi connectivity index (χ1) is 9.49. The third-order valence-corrected chi connectivity index (χ3v) is 3.36. The Bertz CT molecular complexity index is 619. The van der Waals surface area contributed by atoms with Crippen molar-refractivity contribution < 1.29 is 0 Å². The number of nitrogens with zero attached hydrogens (tertiary/aromatic N) is 2. The molecule has 0 radical (unpaired) electrons. The summed E-state index contributed by atoms with van der Waals surface area (Å²) in [5.41, 5.74) is 4.02. The van der Waals surface area contributed by atoms with Gasteiger partial charge in [0.1, 0.15) is 0 Å². The molecule has 0 aliphatic carbocycles. The van der Waals surface area contributed by atoms with Crippen LogP contribution in [0.5, 0.6) is 0 Å². The molecule has 0 aliphatic heterocycles. The van der Waals surface area contributed by atoms with Gasteiger partial charge in [-0.1, -0.05) is 18.2 Å². The van der Waals surface area contributed by atoms with E-state index in [1.807, 2.05) is 32.1 Å². The molecule has 2 rings (SSSR count). The highest BCUT2D eigenvalue weighted by molar-refractivity contribution is 6.30. The van der Waals surface area contributed by atoms with Gasteiger partial charge < -0.3 is 4.57 Å². The fraction of sp³-hybridized carbons (Fsp3) is 0.125. The van der Waals surface area contributed by atoms with E-state index in [0.29, 0.717) is 5.02 Å². The lowest BCUT2D eigenvalue weighted by Crippen LogP contribution is -2.24. The topological polar surface area (TPSA) is 34.2 Å². The van der Waals surface area contributed by atoms with Crippen LogP contribution in [-0.2, 0) is 0 Å². The first kappa shape index (κ1) is 14.4. The SMILES string of the molecule is C=C(/C=C\N(N)c1ccc(Cl)cc1)n1c(C)ccc1C. The van der Waals surface area contributed by atoms with Crippen molar-refractivity contribution in [1.29, 1.82) is 0 Å². The fourth-order valence-electron chi connectivity index (χ4n) is 2.06. The molecule has 4 heteroatoms. The van der Waals surface area contributed by atoms with E-state index in [1.165, 1.54) is 5.01 Å². The van der Waals surface area contributed by atoms with E-state index in [0.717, 1.165) is 22.8 Å². The van der Waals surface area contributed by atoms with E-state index in [2.05, 4.69) is 23.3 Å². The monoisotopic (exact) mass is 287 g/mol. The van der Waals surface area contributed by atoms with Crippen LogP contribution in [0.15, 0.2) is 55.3 Å². The van der Waals surface area contributed by atoms with Crippen LogP contribution in [0.1, 0.15) is 11.4 Å². The first-order valence-electron chi connectivity index (χ1n) is 6.31. The lowest BCUT2D eigenvalue weighted by molar-refractivity contribution is 0.997. The van der Waals surface area contributed by atoms with E-state index in [1.54, 1.807) is 18.3 Å². The molecule has 1 aromatic heterocycles. The molecule has 0 fully saturated rings. The maximum atomic E-state index is 5.98. The second kappa shape index (κ2) is 5.99. The van der Waals surface area contributed by atoms with Crippen LogP contribution in [0.4, 0.5) is 5.69 Å². The predicted molar refractivity (Wildman–Crippen MR) is 86.5 cm³/mol. The Morgan fingerprint density at radius 1 is 1.15 bits per heavy atom. The molecule has 2 aromatic rings. The summed E-state index contributed by atoms with van der Waals surface area (Å²) in [4.78, 5) is 0. The Kier molecular flexibility index (Phi) is 4.32. The third-order valence-electron chi connectivity index (χ3n) is 3.11. The molecule has 0 atom stereocenters. The average molecular weight is 288 g/mol. The van der Waals surface area contributed by atoms with Crippen LogP contribution in [-0.4, -0.2) is 4.57 Å². The van der Waals surface area contributed by atoms with Gasteiger partial charge in [-0.05, 0) is 56.3 Å². The van der Waals surface area contributed by atoms with Crippen molar-refractivity contribution >= 4 is 23.0 Å². The number of hydrazine groups is 1. The molecule has 20 heavy (non-hydrogen) atoms. The van der Waals surface area contributed by atoms with E-state index < -0.39 is 0 Å². The number of halogens is 1. The molecule has 0 saturated carbocycles. The zero-order valence-corrected chi connectivity index (χ0v) is 12.4. The minimum absolute atomic E-state index is 0.689. The van der Waals surface area contributed by atoms with Crippen LogP contribution in [0, 0.1) is 13.8 Å². The highest BCUT2D eigenvalue weighted by atomic mass is 35.5. The Morgan fingerprint density at radius 3 is 2.25 bits per heavy atom. The van der Waals surface area contributed by atoms with Crippen molar-refractivity contribution in [2.24, 2.45) is 5.84 Å². The summed E-state index contributed by atoms with van der Waals surface area (Å²) in [6.45, 7) is 8.17. The largest absolute Gasteiger partial charge is 0.319 e. The molecule has 0 saturated heterocycles. The molecule has 0 amide bonds. The van der Waals surface area contributed by atoms with Crippen molar-refractivity contribution in [3.05, 3.63) is 71.7 Å². The molecule has 2 N–H and O–H groups in total. The number of aryl methyl sites for hydroxylation is 2. The van der Waals surface area contributed by atoms with Gasteiger partial charge in [0.05, 0.1) is 5.69 Å². The van der Waals surface area contributed by atoms with Gasteiger partial charge in [0.15, 0.2) is 0 Å². The van der Waals surface area contributed by atoms with Gasteiger partial charge in [-0.15, -0.1) is 0 Å². The van der Waals surface area contributed by atoms with E-state index >= 15 is 0 Å². The van der Waals surface area contributed by atoms with Crippen LogP contribution in [0.2, 0.25) is 5.02 Å². The quantitative estimate of drug-likeness (QED) is 0.521. The third kappa shape index (κ3) is 3.13. The highest BCUT2D eigenvalue weighted by Crippen LogP contribution is 2.18. The summed E-state index contributed by atoms with van der Waals surface area (Å²) in [5, 5.41) is 2.23. The lowest BCUT2D eigenvalue weighted by atomic mass is 10.3. The number of nitrogens with two attached hydrogens (primary N) is 1. The van der Waals surface area contributed by atoms with Gasteiger partial charge >= 0.3 is 0 Å². The van der Waals surface area contributed by atoms with Crippen LogP contribution in [0.25, 0.3) is 5.70 Å². The van der Waals surface area contributed by atoms with Gasteiger partial charge in [-0.2, -0.15) is 0 Å². The second-order valence-corrected chi connectivity index (χ2v) is 5.08. The van der Waals surface area contributed by atoms with E-state index in [9.17, 15) is 0 Å². The standard InChI is InChI=1S/C16H18ClN3/c1-12-4-5-13(2)20(12)14(3)10-11-19(18)16-8-6-15(17)7-9-16/h4-11H,3,18H2,1-2H3/b11-10-. The molecule has 0 aliphatic rings. The van der Waals surface area contributed by atoms with E-state index in [4.69, 9.17) is 17.4 Å². The number of aromatic nitrogens is 1. The molecule has 0 bridgehead atoms. The number of benzene rings is 1. The molecule has 3 nitrogen and oxygen atoms in total. The summed E-state index contributed by atoms with van der Waals surface area (Å²) in [7, 11) is 0. The van der Waals surface area contributed by atoms with Gasteiger partial charge in [0.25, 0.3) is 0 Å². The maximum absolute atomic E-state index is 5.98.